The predicted octanol–water partition coefficient (Wildman–Crippen LogP) is 3.45. The average molecular weight is 439 g/mol. The van der Waals surface area contributed by atoms with Crippen molar-refractivity contribution in [3.05, 3.63) is 53.1 Å². The molecule has 0 bridgehead atoms. The summed E-state index contributed by atoms with van der Waals surface area (Å²) < 4.78 is 79.9. The zero-order valence-corrected chi connectivity index (χ0v) is 16.8. The van der Waals surface area contributed by atoms with Crippen LogP contribution in [0.1, 0.15) is 13.8 Å². The highest BCUT2D eigenvalue weighted by atomic mass is 35.5. The predicted molar refractivity (Wildman–Crippen MR) is 98.7 cm³/mol. The average Bonchev–Trinajstić information content (AvgIpc) is 2.56. The van der Waals surface area contributed by atoms with Crippen LogP contribution in [0, 0.1) is 11.6 Å². The number of sulfonamides is 2. The van der Waals surface area contributed by atoms with Gasteiger partial charge in [-0.05, 0) is 30.3 Å². The fourth-order valence-corrected chi connectivity index (χ4v) is 5.41. The number of benzene rings is 2. The van der Waals surface area contributed by atoms with Gasteiger partial charge in [-0.15, -0.1) is 0 Å². The molecule has 0 aliphatic heterocycles. The molecule has 0 amide bonds. The van der Waals surface area contributed by atoms with E-state index >= 15 is 0 Å². The Hall–Kier alpha value is -1.75. The van der Waals surface area contributed by atoms with Crippen LogP contribution in [0.5, 0.6) is 0 Å². The lowest BCUT2D eigenvalue weighted by Crippen LogP contribution is -2.30. The van der Waals surface area contributed by atoms with Crippen molar-refractivity contribution in [3.8, 4) is 0 Å². The van der Waals surface area contributed by atoms with E-state index in [4.69, 9.17) is 11.6 Å². The maximum atomic E-state index is 13.3. The van der Waals surface area contributed by atoms with Crippen molar-refractivity contribution in [1.29, 1.82) is 0 Å². The summed E-state index contributed by atoms with van der Waals surface area (Å²) in [6, 6.07) is 5.36. The van der Waals surface area contributed by atoms with Crippen molar-refractivity contribution in [3.63, 3.8) is 0 Å². The molecule has 0 fully saturated rings. The van der Waals surface area contributed by atoms with Crippen molar-refractivity contribution in [1.82, 2.24) is 4.31 Å². The molecule has 0 spiro atoms. The van der Waals surface area contributed by atoms with Gasteiger partial charge in [-0.1, -0.05) is 25.4 Å². The highest BCUT2D eigenvalue weighted by Gasteiger charge is 2.25. The monoisotopic (exact) mass is 438 g/mol. The number of nitrogens with zero attached hydrogens (tertiary/aromatic N) is 1. The van der Waals surface area contributed by atoms with Crippen molar-refractivity contribution >= 4 is 37.3 Å². The normalized spacial score (nSPS) is 12.4. The first-order chi connectivity index (χ1) is 12.5. The van der Waals surface area contributed by atoms with E-state index in [0.29, 0.717) is 18.2 Å². The molecular formula is C16H17ClF2N2O4S2. The Bertz CT molecular complexity index is 1040. The van der Waals surface area contributed by atoms with Gasteiger partial charge in [0.05, 0.1) is 15.6 Å². The smallest absolute Gasteiger partial charge is 0.262 e. The molecule has 1 N–H and O–H groups in total. The third-order valence-electron chi connectivity index (χ3n) is 3.65. The van der Waals surface area contributed by atoms with Crippen molar-refractivity contribution < 1.29 is 25.6 Å². The van der Waals surface area contributed by atoms with E-state index in [9.17, 15) is 25.6 Å². The van der Waals surface area contributed by atoms with Crippen LogP contribution in [-0.2, 0) is 20.0 Å². The minimum atomic E-state index is -4.35. The molecule has 0 atom stereocenters. The van der Waals surface area contributed by atoms with Gasteiger partial charge in [0, 0.05) is 19.2 Å². The fraction of sp³-hybridized carbons (Fsp3) is 0.250. The lowest BCUT2D eigenvalue weighted by atomic mass is 10.3. The van der Waals surface area contributed by atoms with Gasteiger partial charge in [0.25, 0.3) is 10.0 Å². The molecule has 0 unspecified atom stereocenters. The van der Waals surface area contributed by atoms with Crippen LogP contribution < -0.4 is 4.72 Å². The van der Waals surface area contributed by atoms with E-state index in [1.54, 1.807) is 13.8 Å². The summed E-state index contributed by atoms with van der Waals surface area (Å²) in [4.78, 5) is -0.915. The Morgan fingerprint density at radius 3 is 2.04 bits per heavy atom. The van der Waals surface area contributed by atoms with Gasteiger partial charge in [0.1, 0.15) is 16.5 Å². The van der Waals surface area contributed by atoms with Crippen LogP contribution in [-0.4, -0.2) is 34.2 Å². The highest BCUT2D eigenvalue weighted by Crippen LogP contribution is 2.29. The van der Waals surface area contributed by atoms with Crippen LogP contribution >= 0.6 is 11.6 Å². The van der Waals surface area contributed by atoms with Gasteiger partial charge in [0.15, 0.2) is 0 Å². The molecular weight excluding hydrogens is 422 g/mol. The number of rotatable bonds is 7. The minimum absolute atomic E-state index is 0.0818. The summed E-state index contributed by atoms with van der Waals surface area (Å²) in [5.41, 5.74) is -0.116. The molecule has 2 rings (SSSR count). The van der Waals surface area contributed by atoms with Gasteiger partial charge in [0.2, 0.25) is 10.0 Å². The van der Waals surface area contributed by atoms with Gasteiger partial charge >= 0.3 is 0 Å². The molecule has 11 heteroatoms. The molecule has 0 radical (unpaired) electrons. The summed E-state index contributed by atoms with van der Waals surface area (Å²) >= 11 is 5.99. The summed E-state index contributed by atoms with van der Waals surface area (Å²) in [5, 5.41) is -0.0818. The summed E-state index contributed by atoms with van der Waals surface area (Å²) in [7, 11) is -8.29. The van der Waals surface area contributed by atoms with Crippen molar-refractivity contribution in [2.45, 2.75) is 23.6 Å². The second kappa shape index (κ2) is 8.09. The van der Waals surface area contributed by atoms with E-state index in [2.05, 4.69) is 4.72 Å². The van der Waals surface area contributed by atoms with E-state index in [0.717, 1.165) is 10.4 Å². The van der Waals surface area contributed by atoms with Gasteiger partial charge in [-0.2, -0.15) is 4.31 Å². The third kappa shape index (κ3) is 4.75. The van der Waals surface area contributed by atoms with Crippen molar-refractivity contribution in [2.24, 2.45) is 0 Å². The number of nitrogens with one attached hydrogen (secondary N) is 1. The Balaban J connectivity index is 2.47. The maximum absolute atomic E-state index is 13.3. The quantitative estimate of drug-likeness (QED) is 0.717. The third-order valence-corrected chi connectivity index (χ3v) is 7.55. The van der Waals surface area contributed by atoms with Crippen LogP contribution in [0.2, 0.25) is 5.02 Å². The Morgan fingerprint density at radius 1 is 0.963 bits per heavy atom. The topological polar surface area (TPSA) is 83.6 Å². The summed E-state index contributed by atoms with van der Waals surface area (Å²) in [5.74, 6) is -2.12. The molecule has 0 aliphatic rings. The first-order valence-electron chi connectivity index (χ1n) is 7.80. The van der Waals surface area contributed by atoms with Crippen LogP contribution in [0.3, 0.4) is 0 Å². The van der Waals surface area contributed by atoms with Crippen LogP contribution in [0.15, 0.2) is 46.2 Å². The minimum Gasteiger partial charge on any atom is -0.280 e. The number of hydrogen-bond acceptors (Lipinski definition) is 4. The molecule has 0 aromatic heterocycles. The molecule has 148 valence electrons. The SMILES string of the molecule is CCN(CC)S(=O)(=O)c1cc(NS(=O)(=O)c2cc(F)cc(F)c2)ccc1Cl. The lowest BCUT2D eigenvalue weighted by molar-refractivity contribution is 0.445. The van der Waals surface area contributed by atoms with Crippen LogP contribution in [0.25, 0.3) is 0 Å². The van der Waals surface area contributed by atoms with E-state index in [-0.39, 0.29) is 28.7 Å². The molecule has 0 aliphatic carbocycles. The highest BCUT2D eigenvalue weighted by molar-refractivity contribution is 7.92. The molecule has 2 aromatic carbocycles. The second-order valence-corrected chi connectivity index (χ2v) is 9.44. The van der Waals surface area contributed by atoms with E-state index in [1.807, 2.05) is 0 Å². The molecule has 27 heavy (non-hydrogen) atoms. The number of hydrogen-bond donors (Lipinski definition) is 1. The summed E-state index contributed by atoms with van der Waals surface area (Å²) in [6.45, 7) is 3.71. The molecule has 0 saturated carbocycles. The molecule has 6 nitrogen and oxygen atoms in total. The van der Waals surface area contributed by atoms with Gasteiger partial charge in [-0.25, -0.2) is 25.6 Å². The van der Waals surface area contributed by atoms with Gasteiger partial charge < -0.3 is 0 Å². The second-order valence-electron chi connectivity index (χ2n) is 5.45. The Kier molecular flexibility index (Phi) is 6.46. The largest absolute Gasteiger partial charge is 0.280 e. The molecule has 0 heterocycles. The van der Waals surface area contributed by atoms with E-state index < -0.39 is 36.6 Å². The zero-order valence-electron chi connectivity index (χ0n) is 14.4. The van der Waals surface area contributed by atoms with Gasteiger partial charge in [-0.3, -0.25) is 4.72 Å². The number of anilines is 1. The summed E-state index contributed by atoms with van der Waals surface area (Å²) in [6.07, 6.45) is 0. The van der Waals surface area contributed by atoms with Crippen molar-refractivity contribution in [2.75, 3.05) is 17.8 Å². The molecule has 2 aromatic rings. The Labute approximate surface area is 161 Å². The number of halogens is 3. The zero-order chi connectivity index (χ0) is 20.4. The lowest BCUT2D eigenvalue weighted by Gasteiger charge is -2.20. The fourth-order valence-electron chi connectivity index (χ4n) is 2.36. The molecule has 0 saturated heterocycles. The first-order valence-corrected chi connectivity index (χ1v) is 11.1. The standard InChI is InChI=1S/C16H17ClF2N2O4S2/c1-3-21(4-2)27(24,25)16-10-13(5-6-15(16)17)20-26(22,23)14-8-11(18)7-12(19)9-14/h5-10,20H,3-4H2,1-2H3. The first kappa shape index (κ1) is 21.5. The maximum Gasteiger partial charge on any atom is 0.262 e. The van der Waals surface area contributed by atoms with Crippen LogP contribution in [0.4, 0.5) is 14.5 Å². The Morgan fingerprint density at radius 2 is 1.52 bits per heavy atom. The van der Waals surface area contributed by atoms with E-state index in [1.165, 1.54) is 12.1 Å².